The number of aromatic nitrogens is 4. The van der Waals surface area contributed by atoms with Crippen LogP contribution in [0.25, 0.3) is 15.9 Å². The molecule has 6 nitrogen and oxygen atoms in total. The fraction of sp³-hybridized carbons (Fsp3) is 0.350. The second-order valence-electron chi connectivity index (χ2n) is 7.01. The number of nitrogens with zero attached hydrogens (tertiary/aromatic N) is 4. The Kier molecular flexibility index (Phi) is 3.97. The van der Waals surface area contributed by atoms with Crippen molar-refractivity contribution < 1.29 is 9.47 Å². The number of para-hydroxylation sites is 2. The molecule has 0 aliphatic heterocycles. The summed E-state index contributed by atoms with van der Waals surface area (Å²) >= 11 is 1.80. The van der Waals surface area contributed by atoms with Gasteiger partial charge in [-0.3, -0.25) is 0 Å². The molecule has 1 atom stereocenters. The molecule has 1 aliphatic rings. The molecule has 0 saturated carbocycles. The molecular weight excluding hydrogens is 360 g/mol. The second kappa shape index (κ2) is 6.49. The van der Waals surface area contributed by atoms with E-state index in [-0.39, 0.29) is 6.61 Å². The largest absolute Gasteiger partial charge is 0.493 e. The van der Waals surface area contributed by atoms with Crippen LogP contribution in [0.1, 0.15) is 29.6 Å². The fourth-order valence-corrected chi connectivity index (χ4v) is 5.07. The molecule has 138 valence electrons. The summed E-state index contributed by atoms with van der Waals surface area (Å²) in [6.07, 6.45) is 5.21. The van der Waals surface area contributed by atoms with Crippen LogP contribution < -0.4 is 9.47 Å². The number of benzene rings is 1. The van der Waals surface area contributed by atoms with Gasteiger partial charge in [0.2, 0.25) is 0 Å². The average Bonchev–Trinajstić information content (AvgIpc) is 3.26. The molecule has 0 bridgehead atoms. The number of hydrogen-bond acceptors (Lipinski definition) is 6. The number of hydrogen-bond donors (Lipinski definition) is 0. The van der Waals surface area contributed by atoms with Crippen molar-refractivity contribution in [1.29, 1.82) is 0 Å². The van der Waals surface area contributed by atoms with Gasteiger partial charge in [-0.1, -0.05) is 19.1 Å². The van der Waals surface area contributed by atoms with E-state index in [1.165, 1.54) is 22.2 Å². The van der Waals surface area contributed by atoms with E-state index in [4.69, 9.17) is 14.5 Å². The van der Waals surface area contributed by atoms with Crippen molar-refractivity contribution >= 4 is 27.2 Å². The van der Waals surface area contributed by atoms with E-state index in [1.807, 2.05) is 24.3 Å². The number of fused-ring (bicyclic) bond motifs is 5. The van der Waals surface area contributed by atoms with Crippen LogP contribution in [-0.2, 0) is 19.4 Å². The molecule has 1 aliphatic carbocycles. The molecule has 7 heteroatoms. The highest BCUT2D eigenvalue weighted by molar-refractivity contribution is 7.19. The summed E-state index contributed by atoms with van der Waals surface area (Å²) < 4.78 is 13.0. The van der Waals surface area contributed by atoms with Crippen LogP contribution in [-0.4, -0.2) is 26.7 Å². The van der Waals surface area contributed by atoms with Crippen LogP contribution in [0.2, 0.25) is 0 Å². The molecule has 0 spiro atoms. The summed E-state index contributed by atoms with van der Waals surface area (Å²) in [6.45, 7) is 2.60. The fourth-order valence-electron chi connectivity index (χ4n) is 3.73. The molecule has 3 aromatic heterocycles. The molecule has 27 heavy (non-hydrogen) atoms. The number of methoxy groups -OCH3 is 1. The normalized spacial score (nSPS) is 16.6. The predicted molar refractivity (Wildman–Crippen MR) is 105 cm³/mol. The van der Waals surface area contributed by atoms with Crippen molar-refractivity contribution in [2.75, 3.05) is 7.11 Å². The number of aryl methyl sites for hydroxylation is 1. The lowest BCUT2D eigenvalue weighted by Crippen LogP contribution is -2.08. The molecule has 0 N–H and O–H groups in total. The van der Waals surface area contributed by atoms with E-state index >= 15 is 0 Å². The van der Waals surface area contributed by atoms with Crippen LogP contribution in [0.5, 0.6) is 11.5 Å². The zero-order valence-corrected chi connectivity index (χ0v) is 16.1. The van der Waals surface area contributed by atoms with Crippen LogP contribution >= 0.6 is 11.3 Å². The van der Waals surface area contributed by atoms with Gasteiger partial charge in [-0.2, -0.15) is 0 Å². The van der Waals surface area contributed by atoms with Crippen molar-refractivity contribution in [3.05, 3.63) is 46.9 Å². The van der Waals surface area contributed by atoms with E-state index in [0.29, 0.717) is 17.3 Å². The molecule has 0 radical (unpaired) electrons. The molecule has 3 heterocycles. The summed E-state index contributed by atoms with van der Waals surface area (Å²) in [5, 5.41) is 5.73. The van der Waals surface area contributed by atoms with Crippen molar-refractivity contribution in [2.45, 2.75) is 32.8 Å². The minimum atomic E-state index is 0.285. The lowest BCUT2D eigenvalue weighted by atomic mass is 9.89. The monoisotopic (exact) mass is 380 g/mol. The van der Waals surface area contributed by atoms with Crippen LogP contribution in [0.15, 0.2) is 30.6 Å². The lowest BCUT2D eigenvalue weighted by molar-refractivity contribution is 0.276. The second-order valence-corrected chi connectivity index (χ2v) is 8.10. The minimum Gasteiger partial charge on any atom is -0.493 e. The van der Waals surface area contributed by atoms with E-state index < -0.39 is 0 Å². The van der Waals surface area contributed by atoms with Gasteiger partial charge in [0.15, 0.2) is 23.0 Å². The first kappa shape index (κ1) is 16.5. The molecule has 0 fully saturated rings. The van der Waals surface area contributed by atoms with Gasteiger partial charge in [0.1, 0.15) is 17.8 Å². The van der Waals surface area contributed by atoms with Gasteiger partial charge in [0, 0.05) is 4.88 Å². The third-order valence-corrected chi connectivity index (χ3v) is 6.26. The van der Waals surface area contributed by atoms with E-state index in [2.05, 4.69) is 17.0 Å². The predicted octanol–water partition coefficient (Wildman–Crippen LogP) is 4.05. The standard InChI is InChI=1S/C20H20N4O2S/c1-12-7-8-13-16(9-12)27-20-18(13)19-22-17(23-24(19)11-21-20)10-26-15-6-4-3-5-14(15)25-2/h3-6,11-12H,7-10H2,1-2H3. The average molecular weight is 380 g/mol. The van der Waals surface area contributed by atoms with Crippen molar-refractivity contribution in [1.82, 2.24) is 19.6 Å². The summed E-state index contributed by atoms with van der Waals surface area (Å²) in [4.78, 5) is 11.9. The van der Waals surface area contributed by atoms with Gasteiger partial charge < -0.3 is 9.47 Å². The Hall–Kier alpha value is -2.67. The lowest BCUT2D eigenvalue weighted by Gasteiger charge is -2.17. The summed E-state index contributed by atoms with van der Waals surface area (Å²) in [6, 6.07) is 7.59. The molecule has 0 saturated heterocycles. The first-order valence-corrected chi connectivity index (χ1v) is 9.95. The summed E-state index contributed by atoms with van der Waals surface area (Å²) in [5.74, 6) is 2.76. The smallest absolute Gasteiger partial charge is 0.189 e. The zero-order chi connectivity index (χ0) is 18.4. The Morgan fingerprint density at radius 3 is 2.96 bits per heavy atom. The molecule has 5 rings (SSSR count). The zero-order valence-electron chi connectivity index (χ0n) is 15.3. The van der Waals surface area contributed by atoms with Gasteiger partial charge in [-0.05, 0) is 42.9 Å². The van der Waals surface area contributed by atoms with E-state index in [1.54, 1.807) is 29.3 Å². The van der Waals surface area contributed by atoms with Crippen molar-refractivity contribution in [2.24, 2.45) is 5.92 Å². The Balaban J connectivity index is 1.51. The minimum absolute atomic E-state index is 0.285. The van der Waals surface area contributed by atoms with E-state index in [9.17, 15) is 0 Å². The van der Waals surface area contributed by atoms with Crippen molar-refractivity contribution in [3.8, 4) is 11.5 Å². The maximum atomic E-state index is 5.88. The quantitative estimate of drug-likeness (QED) is 0.534. The van der Waals surface area contributed by atoms with Crippen LogP contribution in [0.4, 0.5) is 0 Å². The van der Waals surface area contributed by atoms with E-state index in [0.717, 1.165) is 29.2 Å². The number of ether oxygens (including phenoxy) is 2. The van der Waals surface area contributed by atoms with Crippen LogP contribution in [0.3, 0.4) is 0 Å². The summed E-state index contributed by atoms with van der Waals surface area (Å²) in [5.41, 5.74) is 2.29. The molecule has 0 amide bonds. The molecular formula is C20H20N4O2S. The molecule has 4 aromatic rings. The highest BCUT2D eigenvalue weighted by atomic mass is 32.1. The Morgan fingerprint density at radius 2 is 2.11 bits per heavy atom. The maximum absolute atomic E-state index is 5.88. The summed E-state index contributed by atoms with van der Waals surface area (Å²) in [7, 11) is 1.63. The Labute approximate surface area is 160 Å². The highest BCUT2D eigenvalue weighted by Gasteiger charge is 2.23. The molecule has 1 aromatic carbocycles. The van der Waals surface area contributed by atoms with Gasteiger partial charge in [-0.25, -0.2) is 14.5 Å². The topological polar surface area (TPSA) is 61.5 Å². The number of thiophene rings is 1. The van der Waals surface area contributed by atoms with Gasteiger partial charge in [-0.15, -0.1) is 16.4 Å². The first-order chi connectivity index (χ1) is 13.2. The van der Waals surface area contributed by atoms with Gasteiger partial charge in [0.05, 0.1) is 12.5 Å². The van der Waals surface area contributed by atoms with Crippen LogP contribution in [0, 0.1) is 5.92 Å². The third-order valence-electron chi connectivity index (χ3n) is 5.10. The van der Waals surface area contributed by atoms with Crippen molar-refractivity contribution in [3.63, 3.8) is 0 Å². The SMILES string of the molecule is COc1ccccc1OCc1nc2c3c4c(sc3ncn2n1)CC(C)CC4. The Bertz CT molecular complexity index is 1130. The van der Waals surface area contributed by atoms with Gasteiger partial charge >= 0.3 is 0 Å². The highest BCUT2D eigenvalue weighted by Crippen LogP contribution is 2.38. The third kappa shape index (κ3) is 2.82. The molecule has 1 unspecified atom stereocenters. The Morgan fingerprint density at radius 1 is 1.26 bits per heavy atom. The first-order valence-electron chi connectivity index (χ1n) is 9.13. The number of rotatable bonds is 4. The van der Waals surface area contributed by atoms with Gasteiger partial charge in [0.25, 0.3) is 0 Å². The maximum Gasteiger partial charge on any atom is 0.189 e.